The predicted molar refractivity (Wildman–Crippen MR) is 103 cm³/mol. The van der Waals surface area contributed by atoms with Crippen LogP contribution in [-0.2, 0) is 19.6 Å². The van der Waals surface area contributed by atoms with Gasteiger partial charge in [-0.15, -0.1) is 0 Å². The Morgan fingerprint density at radius 2 is 1.77 bits per heavy atom. The minimum atomic E-state index is -3.72. The minimum absolute atomic E-state index is 0.114. The van der Waals surface area contributed by atoms with E-state index < -0.39 is 22.0 Å². The third-order valence-corrected chi connectivity index (χ3v) is 7.28. The van der Waals surface area contributed by atoms with Crippen molar-refractivity contribution in [3.05, 3.63) is 54.3 Å². The summed E-state index contributed by atoms with van der Waals surface area (Å²) in [7, 11) is -3.72. The van der Waals surface area contributed by atoms with Crippen LogP contribution in [0.15, 0.2) is 53.4 Å². The van der Waals surface area contributed by atoms with Crippen molar-refractivity contribution < 1.29 is 32.3 Å². The number of fused-ring (bicyclic) bond motifs is 1. The van der Waals surface area contributed by atoms with E-state index >= 15 is 0 Å². The molecule has 8 nitrogen and oxygen atoms in total. The Bertz CT molecular complexity index is 1010. The van der Waals surface area contributed by atoms with Gasteiger partial charge in [-0.05, 0) is 61.4 Å². The highest BCUT2D eigenvalue weighted by Crippen LogP contribution is 2.35. The van der Waals surface area contributed by atoms with E-state index in [9.17, 15) is 17.6 Å². The van der Waals surface area contributed by atoms with Crippen molar-refractivity contribution >= 4 is 15.9 Å². The molecule has 1 amide bonds. The van der Waals surface area contributed by atoms with Gasteiger partial charge in [-0.25, -0.2) is 18.3 Å². The van der Waals surface area contributed by atoms with Gasteiger partial charge in [-0.3, -0.25) is 10.0 Å². The molecule has 2 aromatic rings. The zero-order valence-corrected chi connectivity index (χ0v) is 16.7. The Balaban J connectivity index is 1.43. The summed E-state index contributed by atoms with van der Waals surface area (Å²) in [6.45, 7) is 0.529. The molecule has 2 heterocycles. The molecule has 10 heteroatoms. The molecule has 2 saturated heterocycles. The third kappa shape index (κ3) is 4.17. The number of ether oxygens (including phenoxy) is 2. The lowest BCUT2D eigenvalue weighted by atomic mass is 9.94. The Morgan fingerprint density at radius 3 is 2.40 bits per heavy atom. The first-order valence-electron chi connectivity index (χ1n) is 9.50. The number of halogens is 1. The molecule has 2 aliphatic heterocycles. The van der Waals surface area contributed by atoms with Gasteiger partial charge < -0.3 is 9.47 Å². The molecule has 0 aliphatic carbocycles. The third-order valence-electron chi connectivity index (χ3n) is 5.40. The number of sulfonamides is 1. The highest BCUT2D eigenvalue weighted by molar-refractivity contribution is 7.89. The average molecular weight is 436 g/mol. The summed E-state index contributed by atoms with van der Waals surface area (Å²) in [5, 5.41) is 8.77. The summed E-state index contributed by atoms with van der Waals surface area (Å²) in [6, 6.07) is 11.5. The van der Waals surface area contributed by atoms with Crippen LogP contribution in [-0.4, -0.2) is 49.1 Å². The summed E-state index contributed by atoms with van der Waals surface area (Å²) >= 11 is 0. The van der Waals surface area contributed by atoms with Crippen molar-refractivity contribution in [1.29, 1.82) is 0 Å². The largest absolute Gasteiger partial charge is 0.457 e. The maximum Gasteiger partial charge on any atom is 0.272 e. The number of nitrogens with one attached hydrogen (secondary N) is 1. The Morgan fingerprint density at radius 1 is 1.13 bits per heavy atom. The standard InChI is InChI=1S/C20H21FN2O6S/c21-14-1-3-15(4-2-14)28-16-5-7-17(8-6-16)30(26,27)23-10-9-18-13(12-23)11-19(29-18)20(24)22-25/h1-8,13,18-19,25H,9-12H2,(H,22,24). The Hall–Kier alpha value is -2.53. The van der Waals surface area contributed by atoms with Crippen molar-refractivity contribution in [2.45, 2.75) is 29.9 Å². The average Bonchev–Trinajstić information content (AvgIpc) is 3.19. The molecule has 0 saturated carbocycles. The van der Waals surface area contributed by atoms with Crippen molar-refractivity contribution in [3.8, 4) is 11.5 Å². The van der Waals surface area contributed by atoms with E-state index in [-0.39, 0.29) is 35.8 Å². The van der Waals surface area contributed by atoms with E-state index in [1.807, 2.05) is 0 Å². The first-order chi connectivity index (χ1) is 14.4. The molecule has 2 aromatic carbocycles. The fraction of sp³-hybridized carbons (Fsp3) is 0.350. The number of carbonyl (C=O) groups is 1. The molecule has 3 unspecified atom stereocenters. The van der Waals surface area contributed by atoms with Crippen molar-refractivity contribution in [2.24, 2.45) is 5.92 Å². The molecule has 160 valence electrons. The lowest BCUT2D eigenvalue weighted by Gasteiger charge is -2.33. The van der Waals surface area contributed by atoms with E-state index in [1.165, 1.54) is 40.7 Å². The summed E-state index contributed by atoms with van der Waals surface area (Å²) in [5.74, 6) is -0.228. The topological polar surface area (TPSA) is 105 Å². The van der Waals surface area contributed by atoms with Crippen LogP contribution < -0.4 is 10.2 Å². The Labute approximate surface area is 173 Å². The fourth-order valence-electron chi connectivity index (χ4n) is 3.85. The van der Waals surface area contributed by atoms with E-state index in [0.717, 1.165) is 0 Å². The van der Waals surface area contributed by atoms with E-state index in [2.05, 4.69) is 0 Å². The maximum absolute atomic E-state index is 13.0. The molecule has 2 fully saturated rings. The fourth-order valence-corrected chi connectivity index (χ4v) is 5.36. The van der Waals surface area contributed by atoms with E-state index in [4.69, 9.17) is 14.7 Å². The molecule has 0 bridgehead atoms. The smallest absolute Gasteiger partial charge is 0.272 e. The predicted octanol–water partition coefficient (Wildman–Crippen LogP) is 2.29. The number of rotatable bonds is 5. The van der Waals surface area contributed by atoms with Gasteiger partial charge in [0.1, 0.15) is 23.4 Å². The number of nitrogens with zero attached hydrogens (tertiary/aromatic N) is 1. The molecular formula is C20H21FN2O6S. The van der Waals surface area contributed by atoms with E-state index in [1.54, 1.807) is 17.6 Å². The molecule has 0 radical (unpaired) electrons. The van der Waals surface area contributed by atoms with Crippen LogP contribution in [0.3, 0.4) is 0 Å². The van der Waals surface area contributed by atoms with Gasteiger partial charge in [-0.2, -0.15) is 4.31 Å². The number of hydroxylamine groups is 1. The quantitative estimate of drug-likeness (QED) is 0.551. The van der Waals surface area contributed by atoms with Gasteiger partial charge in [0.05, 0.1) is 11.0 Å². The SMILES string of the molecule is O=C(NO)C1CC2CN(S(=O)(=O)c3ccc(Oc4ccc(F)cc4)cc3)CCC2O1. The van der Waals surface area contributed by atoms with Crippen LogP contribution in [0.25, 0.3) is 0 Å². The van der Waals surface area contributed by atoms with Gasteiger partial charge in [0.25, 0.3) is 5.91 Å². The normalized spacial score (nSPS) is 24.3. The second-order valence-corrected chi connectivity index (χ2v) is 9.25. The van der Waals surface area contributed by atoms with E-state index in [0.29, 0.717) is 24.3 Å². The zero-order chi connectivity index (χ0) is 21.3. The highest BCUT2D eigenvalue weighted by Gasteiger charge is 2.44. The van der Waals surface area contributed by atoms with Gasteiger partial charge in [-0.1, -0.05) is 0 Å². The molecule has 2 aliphatic rings. The first-order valence-corrected chi connectivity index (χ1v) is 10.9. The maximum atomic E-state index is 13.0. The van der Waals surface area contributed by atoms with Crippen LogP contribution in [0, 0.1) is 11.7 Å². The molecule has 30 heavy (non-hydrogen) atoms. The summed E-state index contributed by atoms with van der Waals surface area (Å²) in [4.78, 5) is 11.7. The lowest BCUT2D eigenvalue weighted by Crippen LogP contribution is -2.44. The molecule has 2 N–H and O–H groups in total. The number of piperidine rings is 1. The van der Waals surface area contributed by atoms with Crippen molar-refractivity contribution in [3.63, 3.8) is 0 Å². The van der Waals surface area contributed by atoms with Gasteiger partial charge in [0, 0.05) is 19.0 Å². The Kier molecular flexibility index (Phi) is 5.74. The van der Waals surface area contributed by atoms with Crippen LogP contribution >= 0.6 is 0 Å². The van der Waals surface area contributed by atoms with Crippen LogP contribution in [0.4, 0.5) is 4.39 Å². The summed E-state index contributed by atoms with van der Waals surface area (Å²) < 4.78 is 51.7. The molecule has 3 atom stereocenters. The number of carbonyl (C=O) groups excluding carboxylic acids is 1. The number of benzene rings is 2. The van der Waals surface area contributed by atoms with Crippen LogP contribution in [0.5, 0.6) is 11.5 Å². The zero-order valence-electron chi connectivity index (χ0n) is 15.9. The summed E-state index contributed by atoms with van der Waals surface area (Å²) in [6.07, 6.45) is -0.140. The first kappa shape index (κ1) is 20.7. The highest BCUT2D eigenvalue weighted by atomic mass is 32.2. The molecule has 0 aromatic heterocycles. The van der Waals surface area contributed by atoms with Crippen LogP contribution in [0.2, 0.25) is 0 Å². The second-order valence-electron chi connectivity index (χ2n) is 7.31. The van der Waals surface area contributed by atoms with Gasteiger partial charge in [0.2, 0.25) is 10.0 Å². The number of hydrogen-bond donors (Lipinski definition) is 2. The number of amides is 1. The molecule has 4 rings (SSSR count). The van der Waals surface area contributed by atoms with Gasteiger partial charge >= 0.3 is 0 Å². The van der Waals surface area contributed by atoms with Crippen molar-refractivity contribution in [1.82, 2.24) is 9.79 Å². The molecular weight excluding hydrogens is 415 g/mol. The molecule has 0 spiro atoms. The number of hydrogen-bond acceptors (Lipinski definition) is 6. The van der Waals surface area contributed by atoms with Crippen molar-refractivity contribution in [2.75, 3.05) is 13.1 Å². The van der Waals surface area contributed by atoms with Gasteiger partial charge in [0.15, 0.2) is 0 Å². The lowest BCUT2D eigenvalue weighted by molar-refractivity contribution is -0.141. The monoisotopic (exact) mass is 436 g/mol. The minimum Gasteiger partial charge on any atom is -0.457 e. The summed E-state index contributed by atoms with van der Waals surface area (Å²) in [5.41, 5.74) is 1.58. The van der Waals surface area contributed by atoms with Crippen LogP contribution in [0.1, 0.15) is 12.8 Å². The second kappa shape index (κ2) is 8.31.